The molecule has 0 spiro atoms. The molecule has 20 heavy (non-hydrogen) atoms. The lowest BCUT2D eigenvalue weighted by Gasteiger charge is -2.33. The number of nitrogens with one attached hydrogen (secondary N) is 1. The zero-order valence-electron chi connectivity index (χ0n) is 12.1. The molecule has 1 aromatic heterocycles. The predicted octanol–water partition coefficient (Wildman–Crippen LogP) is 4.10. The van der Waals surface area contributed by atoms with Gasteiger partial charge in [0.25, 0.3) is 0 Å². The van der Waals surface area contributed by atoms with Crippen LogP contribution in [0.25, 0.3) is 10.1 Å². The maximum atomic E-state index is 5.86. The minimum atomic E-state index is 0.413. The van der Waals surface area contributed by atoms with Gasteiger partial charge in [-0.2, -0.15) is 0 Å². The largest absolute Gasteiger partial charge is 0.271 e. The van der Waals surface area contributed by atoms with E-state index in [9.17, 15) is 0 Å². The van der Waals surface area contributed by atoms with Crippen LogP contribution in [0.3, 0.4) is 0 Å². The molecule has 3 atom stereocenters. The normalized spacial score (nSPS) is 24.9. The Balaban J connectivity index is 1.77. The number of hydrazine groups is 1. The highest BCUT2D eigenvalue weighted by molar-refractivity contribution is 7.17. The van der Waals surface area contributed by atoms with Gasteiger partial charge in [-0.15, -0.1) is 11.3 Å². The predicted molar refractivity (Wildman–Crippen MR) is 87.8 cm³/mol. The fourth-order valence-corrected chi connectivity index (χ4v) is 4.61. The van der Waals surface area contributed by atoms with Gasteiger partial charge < -0.3 is 0 Å². The molecule has 3 unspecified atom stereocenters. The summed E-state index contributed by atoms with van der Waals surface area (Å²) >= 11 is 1.85. The molecule has 1 aliphatic carbocycles. The summed E-state index contributed by atoms with van der Waals surface area (Å²) in [5.74, 6) is 7.44. The van der Waals surface area contributed by atoms with Gasteiger partial charge in [0, 0.05) is 10.7 Å². The topological polar surface area (TPSA) is 38.0 Å². The Kier molecular flexibility index (Phi) is 4.39. The highest BCUT2D eigenvalue weighted by Gasteiger charge is 2.26. The Morgan fingerprint density at radius 3 is 3.00 bits per heavy atom. The van der Waals surface area contributed by atoms with Crippen molar-refractivity contribution in [3.63, 3.8) is 0 Å². The summed E-state index contributed by atoms with van der Waals surface area (Å²) in [6, 6.07) is 9.10. The molecule has 1 fully saturated rings. The number of hydrogen-bond donors (Lipinski definition) is 2. The first-order valence-corrected chi connectivity index (χ1v) is 8.57. The molecule has 3 heteroatoms. The summed E-state index contributed by atoms with van der Waals surface area (Å²) in [6.07, 6.45) is 6.43. The van der Waals surface area contributed by atoms with E-state index in [-0.39, 0.29) is 0 Å². The van der Waals surface area contributed by atoms with Gasteiger partial charge in [0.2, 0.25) is 0 Å². The highest BCUT2D eigenvalue weighted by atomic mass is 32.1. The third kappa shape index (κ3) is 2.90. The van der Waals surface area contributed by atoms with E-state index >= 15 is 0 Å². The number of hydrogen-bond acceptors (Lipinski definition) is 3. The minimum absolute atomic E-state index is 0.413. The van der Waals surface area contributed by atoms with Gasteiger partial charge in [0.05, 0.1) is 0 Å². The van der Waals surface area contributed by atoms with Gasteiger partial charge in [0.1, 0.15) is 0 Å². The first kappa shape index (κ1) is 14.1. The molecule has 0 amide bonds. The molecule has 0 aliphatic heterocycles. The zero-order chi connectivity index (χ0) is 13.9. The van der Waals surface area contributed by atoms with E-state index < -0.39 is 0 Å². The number of thiophene rings is 1. The van der Waals surface area contributed by atoms with Crippen molar-refractivity contribution < 1.29 is 0 Å². The Labute approximate surface area is 125 Å². The van der Waals surface area contributed by atoms with Crippen LogP contribution >= 0.6 is 11.3 Å². The summed E-state index contributed by atoms with van der Waals surface area (Å²) in [4.78, 5) is 0. The van der Waals surface area contributed by atoms with Crippen LogP contribution in [0.15, 0.2) is 29.6 Å². The van der Waals surface area contributed by atoms with Crippen LogP contribution < -0.4 is 11.3 Å². The van der Waals surface area contributed by atoms with E-state index in [2.05, 4.69) is 42.0 Å². The van der Waals surface area contributed by atoms with Crippen LogP contribution in [0.1, 0.15) is 38.2 Å². The smallest absolute Gasteiger partial charge is 0.0345 e. The van der Waals surface area contributed by atoms with Crippen molar-refractivity contribution in [1.29, 1.82) is 0 Å². The van der Waals surface area contributed by atoms with Gasteiger partial charge in [-0.05, 0) is 53.5 Å². The lowest BCUT2D eigenvalue weighted by atomic mass is 9.77. The van der Waals surface area contributed by atoms with Crippen molar-refractivity contribution in [2.24, 2.45) is 17.7 Å². The molecule has 3 rings (SSSR count). The van der Waals surface area contributed by atoms with Crippen LogP contribution in [0, 0.1) is 11.8 Å². The molecule has 1 heterocycles. The highest BCUT2D eigenvalue weighted by Crippen LogP contribution is 2.33. The lowest BCUT2D eigenvalue weighted by Crippen LogP contribution is -2.43. The Bertz CT molecular complexity index is 563. The third-order valence-corrected chi connectivity index (χ3v) is 5.77. The van der Waals surface area contributed by atoms with E-state index in [1.54, 1.807) is 0 Å². The third-order valence-electron chi connectivity index (χ3n) is 4.76. The second-order valence-electron chi connectivity index (χ2n) is 6.27. The van der Waals surface area contributed by atoms with Crippen molar-refractivity contribution >= 4 is 21.4 Å². The summed E-state index contributed by atoms with van der Waals surface area (Å²) in [5.41, 5.74) is 4.55. The standard InChI is InChI=1S/C17H24N2S/c1-12-5-4-6-13(9-12)16(19-18)10-14-11-20-17-8-3-2-7-15(14)17/h2-3,7-8,11-13,16,19H,4-6,9-10,18H2,1H3. The number of fused-ring (bicyclic) bond motifs is 1. The molecule has 0 radical (unpaired) electrons. The van der Waals surface area contributed by atoms with Crippen molar-refractivity contribution in [1.82, 2.24) is 5.43 Å². The van der Waals surface area contributed by atoms with Crippen LogP contribution in [0.5, 0.6) is 0 Å². The van der Waals surface area contributed by atoms with Crippen molar-refractivity contribution in [3.05, 3.63) is 35.2 Å². The average Bonchev–Trinajstić information content (AvgIpc) is 2.88. The SMILES string of the molecule is CC1CCCC(C(Cc2csc3ccccc23)NN)C1. The van der Waals surface area contributed by atoms with Crippen molar-refractivity contribution in [3.8, 4) is 0 Å². The van der Waals surface area contributed by atoms with E-state index in [1.807, 2.05) is 11.3 Å². The molecule has 1 saturated carbocycles. The van der Waals surface area contributed by atoms with Crippen LogP contribution in [0.2, 0.25) is 0 Å². The summed E-state index contributed by atoms with van der Waals surface area (Å²) in [5, 5.41) is 3.71. The first-order valence-electron chi connectivity index (χ1n) is 7.69. The summed E-state index contributed by atoms with van der Waals surface area (Å²) < 4.78 is 1.38. The maximum Gasteiger partial charge on any atom is 0.0345 e. The number of rotatable bonds is 4. The van der Waals surface area contributed by atoms with Gasteiger partial charge in [0.15, 0.2) is 0 Å². The molecule has 108 valence electrons. The second kappa shape index (κ2) is 6.25. The van der Waals surface area contributed by atoms with Gasteiger partial charge in [-0.1, -0.05) is 38.0 Å². The van der Waals surface area contributed by atoms with Crippen LogP contribution in [-0.4, -0.2) is 6.04 Å². The Morgan fingerprint density at radius 1 is 1.35 bits per heavy atom. The molecular weight excluding hydrogens is 264 g/mol. The van der Waals surface area contributed by atoms with Crippen molar-refractivity contribution in [2.75, 3.05) is 0 Å². The molecule has 2 nitrogen and oxygen atoms in total. The first-order chi connectivity index (χ1) is 9.78. The number of nitrogens with two attached hydrogens (primary N) is 1. The van der Waals surface area contributed by atoms with E-state index in [0.29, 0.717) is 6.04 Å². The molecule has 1 aliphatic rings. The molecule has 2 aromatic rings. The maximum absolute atomic E-state index is 5.86. The van der Waals surface area contributed by atoms with Crippen LogP contribution in [-0.2, 0) is 6.42 Å². The fourth-order valence-electron chi connectivity index (χ4n) is 3.64. The van der Waals surface area contributed by atoms with Gasteiger partial charge >= 0.3 is 0 Å². The average molecular weight is 288 g/mol. The summed E-state index contributed by atoms with van der Waals surface area (Å²) in [6.45, 7) is 2.37. The molecule has 3 N–H and O–H groups in total. The van der Waals surface area contributed by atoms with Crippen LogP contribution in [0.4, 0.5) is 0 Å². The second-order valence-corrected chi connectivity index (χ2v) is 7.18. The molecule has 0 saturated heterocycles. The molecule has 1 aromatic carbocycles. The Morgan fingerprint density at radius 2 is 2.20 bits per heavy atom. The minimum Gasteiger partial charge on any atom is -0.271 e. The zero-order valence-corrected chi connectivity index (χ0v) is 13.0. The monoisotopic (exact) mass is 288 g/mol. The number of benzene rings is 1. The summed E-state index contributed by atoms with van der Waals surface area (Å²) in [7, 11) is 0. The van der Waals surface area contributed by atoms with Crippen molar-refractivity contribution in [2.45, 2.75) is 45.1 Å². The van der Waals surface area contributed by atoms with E-state index in [1.165, 1.54) is 41.3 Å². The Hall–Kier alpha value is -0.900. The quantitative estimate of drug-likeness (QED) is 0.656. The van der Waals surface area contributed by atoms with Gasteiger partial charge in [-0.3, -0.25) is 11.3 Å². The fraction of sp³-hybridized carbons (Fsp3) is 0.529. The molecule has 0 bridgehead atoms. The van der Waals surface area contributed by atoms with E-state index in [0.717, 1.165) is 18.3 Å². The van der Waals surface area contributed by atoms with E-state index in [4.69, 9.17) is 5.84 Å². The van der Waals surface area contributed by atoms with Gasteiger partial charge in [-0.25, -0.2) is 0 Å². The lowest BCUT2D eigenvalue weighted by molar-refractivity contribution is 0.222. The molecular formula is C17H24N2S.